The topological polar surface area (TPSA) is 0 Å². The molecule has 0 heterocycles. The number of rotatable bonds is 0. The van der Waals surface area contributed by atoms with E-state index in [4.69, 9.17) is 0 Å². The van der Waals surface area contributed by atoms with Crippen LogP contribution in [-0.2, 0) is 142 Å². The third kappa shape index (κ3) is 52.8. The maximum absolute atomic E-state index is 0. The van der Waals surface area contributed by atoms with Gasteiger partial charge in [-0.2, -0.15) is 0 Å². The summed E-state index contributed by atoms with van der Waals surface area (Å²) in [6.45, 7) is 0. The molecule has 0 fully saturated rings. The van der Waals surface area contributed by atoms with Crippen LogP contribution in [-0.4, -0.2) is 65.0 Å². The van der Waals surface area contributed by atoms with Crippen molar-refractivity contribution in [2.75, 3.05) is 0 Å². The van der Waals surface area contributed by atoms with Crippen LogP contribution in [0.1, 0.15) is 0 Å². The predicted octanol–water partition coefficient (Wildman–Crippen LogP) is -0.779. The molecule has 50 valence electrons. The van der Waals surface area contributed by atoms with Gasteiger partial charge in [-0.3, -0.25) is 0 Å². The third-order valence-corrected chi connectivity index (χ3v) is 0. The molecular weight excluding hydrogens is 863 g/mol. The first-order valence-electron chi connectivity index (χ1n) is 0. The van der Waals surface area contributed by atoms with Crippen molar-refractivity contribution >= 4 is 65.0 Å². The first-order chi connectivity index (χ1) is 0. The Bertz CT molecular complexity index is 28.5. The predicted molar refractivity (Wildman–Crippen MR) is 11.5 cm³/mol. The van der Waals surface area contributed by atoms with Crippen LogP contribution in [0.25, 0.3) is 0 Å². The van der Waals surface area contributed by atoms with Crippen LogP contribution in [0.2, 0.25) is 0 Å². The molecule has 0 amide bonds. The summed E-state index contributed by atoms with van der Waals surface area (Å²) in [4.78, 5) is 0. The fraction of sp³-hybridized carbons (Fsp3) is 0. The van der Waals surface area contributed by atoms with Gasteiger partial charge in [0.1, 0.15) is 0 Å². The first kappa shape index (κ1) is 75.6. The average molecular weight is 863 g/mol. The number of hydrogen-bond donors (Lipinski definition) is 0. The van der Waals surface area contributed by atoms with Crippen molar-refractivity contribution in [1.29, 1.82) is 0 Å². The Morgan fingerprint density at radius 1 is 1.00 bits per heavy atom. The molecule has 0 unspecified atom stereocenters. The quantitative estimate of drug-likeness (QED) is 0.281. The van der Waals surface area contributed by atoms with Crippen molar-refractivity contribution in [2.24, 2.45) is 0 Å². The fourth-order valence-corrected chi connectivity index (χ4v) is 0. The molecule has 0 aliphatic heterocycles. The molecule has 0 saturated carbocycles. The molecule has 0 spiro atoms. The summed E-state index contributed by atoms with van der Waals surface area (Å²) in [5, 5.41) is 0. The van der Waals surface area contributed by atoms with Crippen molar-refractivity contribution in [3.05, 3.63) is 0 Å². The van der Waals surface area contributed by atoms with E-state index in [9.17, 15) is 0 Å². The van der Waals surface area contributed by atoms with Gasteiger partial charge in [-0.1, -0.05) is 0 Å². The van der Waals surface area contributed by atoms with E-state index in [1.807, 2.05) is 0 Å². The molecule has 0 aromatic rings. The van der Waals surface area contributed by atoms with Crippen molar-refractivity contribution < 1.29 is 142 Å². The van der Waals surface area contributed by atoms with E-state index in [-0.39, 0.29) is 207 Å². The zero-order chi connectivity index (χ0) is 0. The summed E-state index contributed by atoms with van der Waals surface area (Å²) < 4.78 is 0. The summed E-state index contributed by atoms with van der Waals surface area (Å²) in [6.07, 6.45) is 0. The van der Waals surface area contributed by atoms with Crippen molar-refractivity contribution in [2.45, 2.75) is 0 Å². The second-order valence-corrected chi connectivity index (χ2v) is 0. The van der Waals surface area contributed by atoms with E-state index in [1.54, 1.807) is 0 Å². The molecule has 0 bridgehead atoms. The van der Waals surface area contributed by atoms with Crippen molar-refractivity contribution in [1.82, 2.24) is 0 Å². The van der Waals surface area contributed by atoms with Gasteiger partial charge in [0.25, 0.3) is 0 Å². The van der Waals surface area contributed by atoms with E-state index < -0.39 is 0 Å². The van der Waals surface area contributed by atoms with Gasteiger partial charge in [-0.25, -0.2) is 0 Å². The van der Waals surface area contributed by atoms with Gasteiger partial charge in [0.05, 0.1) is 0 Å². The van der Waals surface area contributed by atoms with E-state index in [0.29, 0.717) is 0 Å². The summed E-state index contributed by atoms with van der Waals surface area (Å²) in [5.41, 5.74) is 0. The summed E-state index contributed by atoms with van der Waals surface area (Å²) in [6, 6.07) is 0. The normalized spacial score (nSPS) is 0. The van der Waals surface area contributed by atoms with Crippen LogP contribution in [0.5, 0.6) is 0 Å². The summed E-state index contributed by atoms with van der Waals surface area (Å²) >= 11 is 0. The monoisotopic (exact) mass is 863 g/mol. The molecule has 8 radical (unpaired) electrons. The van der Waals surface area contributed by atoms with Crippen LogP contribution in [0.15, 0.2) is 0 Å². The Morgan fingerprint density at radius 3 is 1.00 bits per heavy atom. The van der Waals surface area contributed by atoms with Crippen LogP contribution < -0.4 is 0 Å². The number of hydrogen-bond acceptors (Lipinski definition) is 0. The first-order valence-corrected chi connectivity index (χ1v) is 0. The van der Waals surface area contributed by atoms with Gasteiger partial charge in [-0.15, -0.1) is 0 Å². The second-order valence-electron chi connectivity index (χ2n) is 0. The van der Waals surface area contributed by atoms with Crippen LogP contribution in [0.3, 0.4) is 0 Å². The largest absolute Gasteiger partial charge is 0 e. The van der Waals surface area contributed by atoms with E-state index in [0.717, 1.165) is 0 Å². The Labute approximate surface area is 201 Å². The molecular formula is CaCdCoCuFeHgNiPbZn. The molecule has 0 saturated heterocycles. The molecule has 0 N–H and O–H groups in total. The summed E-state index contributed by atoms with van der Waals surface area (Å²) in [5.74, 6) is 0. The van der Waals surface area contributed by atoms with Crippen LogP contribution >= 0.6 is 0 Å². The van der Waals surface area contributed by atoms with Gasteiger partial charge in [0, 0.05) is 207 Å². The molecule has 0 nitrogen and oxygen atoms in total. The Kier molecular flexibility index (Phi) is 516. The Morgan fingerprint density at radius 2 is 1.00 bits per heavy atom. The van der Waals surface area contributed by atoms with Crippen LogP contribution in [0.4, 0.5) is 0 Å². The molecule has 0 aromatic heterocycles. The Balaban J connectivity index is 0. The molecule has 0 rings (SSSR count). The summed E-state index contributed by atoms with van der Waals surface area (Å²) in [7, 11) is 0. The van der Waals surface area contributed by atoms with E-state index in [1.165, 1.54) is 0 Å². The minimum atomic E-state index is 0. The molecule has 0 aromatic carbocycles. The average Bonchev–Trinajstić information content (AvgIpc) is 0. The second kappa shape index (κ2) is 61.5. The van der Waals surface area contributed by atoms with Crippen molar-refractivity contribution in [3.63, 3.8) is 0 Å². The minimum Gasteiger partial charge on any atom is 0 e. The third-order valence-electron chi connectivity index (χ3n) is 0. The molecule has 0 aliphatic carbocycles. The minimum absolute atomic E-state index is 0. The zero-order valence-electron chi connectivity index (χ0n) is 4.63. The van der Waals surface area contributed by atoms with Gasteiger partial charge in [-0.05, 0) is 0 Å². The maximum Gasteiger partial charge on any atom is 0 e. The SMILES string of the molecule is [Ca].[Cd].[Co].[Cu].[Fe].[Hg].[Ni].[Pb].[Zn]. The van der Waals surface area contributed by atoms with Gasteiger partial charge < -0.3 is 0 Å². The standard InChI is InChI=1S/Ca.Cd.Co.Cu.Fe.Hg.Ni.Pb.Zn. The molecule has 9 heteroatoms. The van der Waals surface area contributed by atoms with E-state index in [2.05, 4.69) is 0 Å². The maximum atomic E-state index is 0. The smallest absolute Gasteiger partial charge is 0 e. The molecule has 0 atom stereocenters. The fourth-order valence-electron chi connectivity index (χ4n) is 0. The Hall–Kier alpha value is 6.70. The van der Waals surface area contributed by atoms with Crippen LogP contribution in [0, 0.1) is 0 Å². The zero-order valence-corrected chi connectivity index (χ0v) is 27.3. The van der Waals surface area contributed by atoms with Crippen molar-refractivity contribution in [3.8, 4) is 0 Å². The van der Waals surface area contributed by atoms with Gasteiger partial charge >= 0.3 is 0 Å². The molecule has 9 heavy (non-hydrogen) atoms. The molecule has 0 aliphatic rings. The van der Waals surface area contributed by atoms with E-state index >= 15 is 0 Å². The van der Waals surface area contributed by atoms with Gasteiger partial charge in [0.15, 0.2) is 0 Å². The van der Waals surface area contributed by atoms with Gasteiger partial charge in [0.2, 0.25) is 0 Å².